The Hall–Kier alpha value is -12.8. The van der Waals surface area contributed by atoms with Gasteiger partial charge in [-0.2, -0.15) is 0 Å². The fourth-order valence-corrected chi connectivity index (χ4v) is 17.0. The summed E-state index contributed by atoms with van der Waals surface area (Å²) in [5.41, 5.74) is 28.8. The van der Waals surface area contributed by atoms with E-state index in [9.17, 15) is 0 Å². The Bertz CT molecular complexity index is 5910. The van der Waals surface area contributed by atoms with E-state index >= 15 is 0 Å². The van der Waals surface area contributed by atoms with Crippen molar-refractivity contribution in [2.75, 3.05) is 9.80 Å². The van der Waals surface area contributed by atoms with Gasteiger partial charge >= 0.3 is 0 Å². The van der Waals surface area contributed by atoms with Crippen molar-refractivity contribution in [3.63, 3.8) is 0 Å². The molecule has 0 bridgehead atoms. The Balaban J connectivity index is 0.823. The van der Waals surface area contributed by atoms with E-state index in [0.717, 1.165) is 79.1 Å². The standard InChI is InChI=1S/C90H57BN6/c1-11-38-76(64(28-1)58-24-21-26-60(54-58)92-78-40-13-3-30-66(78)67-31-4-14-41-79(67)92)96-86-48-23-49-87-90(86)91(74-52-50-62(56-88(74)96)94-82-44-17-7-34-70(82)71-35-8-18-45-83(71)94)75-53-51-63(95-84-46-19-9-36-72(84)73-37-10-20-47-85(73)95)57-89(75)97(87)77-39-12-2-29-65(77)59-25-22-27-61(55-59)93-80-42-15-5-32-68(80)69-33-6-16-43-81(69)93/h1-57H. The van der Waals surface area contributed by atoms with Crippen LogP contribution in [0.15, 0.2) is 346 Å². The Morgan fingerprint density at radius 1 is 0.186 bits per heavy atom. The molecule has 0 amide bonds. The maximum Gasteiger partial charge on any atom is 0.252 e. The number of para-hydroxylation sites is 10. The zero-order chi connectivity index (χ0) is 63.4. The minimum absolute atomic E-state index is 0.167. The van der Waals surface area contributed by atoms with Crippen LogP contribution in [0.3, 0.4) is 0 Å². The molecule has 0 radical (unpaired) electrons. The summed E-state index contributed by atoms with van der Waals surface area (Å²) < 4.78 is 9.80. The van der Waals surface area contributed by atoms with Crippen LogP contribution in [0.4, 0.5) is 34.1 Å². The molecule has 6 heterocycles. The molecule has 0 aliphatic carbocycles. The summed E-state index contributed by atoms with van der Waals surface area (Å²) in [5.74, 6) is 0. The zero-order valence-corrected chi connectivity index (χ0v) is 52.7. The van der Waals surface area contributed by atoms with E-state index in [1.807, 2.05) is 0 Å². The van der Waals surface area contributed by atoms with Crippen LogP contribution >= 0.6 is 0 Å². The van der Waals surface area contributed by atoms with Gasteiger partial charge in [0.2, 0.25) is 0 Å². The molecular weight excluding hydrogens is 1180 g/mol. The van der Waals surface area contributed by atoms with Gasteiger partial charge in [-0.25, -0.2) is 0 Å². The molecule has 0 atom stereocenters. The molecule has 19 aromatic rings. The number of hydrogen-bond donors (Lipinski definition) is 0. The van der Waals surface area contributed by atoms with E-state index < -0.39 is 0 Å². The van der Waals surface area contributed by atoms with Gasteiger partial charge in [-0.1, -0.05) is 224 Å². The maximum absolute atomic E-state index is 2.60. The highest BCUT2D eigenvalue weighted by Crippen LogP contribution is 2.50. The van der Waals surface area contributed by atoms with Crippen molar-refractivity contribution in [1.29, 1.82) is 0 Å². The number of nitrogens with zero attached hydrogens (tertiary/aromatic N) is 6. The highest BCUT2D eigenvalue weighted by atomic mass is 15.2. The highest BCUT2D eigenvalue weighted by molar-refractivity contribution is 7.00. The van der Waals surface area contributed by atoms with Crippen LogP contribution in [-0.4, -0.2) is 25.0 Å². The van der Waals surface area contributed by atoms with Crippen molar-refractivity contribution in [1.82, 2.24) is 18.3 Å². The molecule has 450 valence electrons. The molecule has 2 aliphatic heterocycles. The predicted octanol–water partition coefficient (Wildman–Crippen LogP) is 21.5. The van der Waals surface area contributed by atoms with Crippen LogP contribution in [0.2, 0.25) is 0 Å². The molecule has 21 rings (SSSR count). The number of benzene rings is 15. The van der Waals surface area contributed by atoms with Crippen LogP contribution in [0, 0.1) is 0 Å². The smallest absolute Gasteiger partial charge is 0.252 e. The average molecular weight is 1230 g/mol. The second-order valence-electron chi connectivity index (χ2n) is 25.9. The molecule has 0 spiro atoms. The molecule has 7 heteroatoms. The Labute approximate surface area is 559 Å². The lowest BCUT2D eigenvalue weighted by Gasteiger charge is -2.45. The summed E-state index contributed by atoms with van der Waals surface area (Å²) in [6.07, 6.45) is 0. The minimum atomic E-state index is -0.167. The molecule has 0 fully saturated rings. The molecule has 2 aliphatic rings. The lowest BCUT2D eigenvalue weighted by molar-refractivity contribution is 1.16. The lowest BCUT2D eigenvalue weighted by atomic mass is 9.33. The first-order chi connectivity index (χ1) is 48.2. The van der Waals surface area contributed by atoms with Crippen LogP contribution < -0.4 is 26.2 Å². The maximum atomic E-state index is 2.60. The summed E-state index contributed by atoms with van der Waals surface area (Å²) >= 11 is 0. The normalized spacial score (nSPS) is 12.7. The van der Waals surface area contributed by atoms with E-state index in [2.05, 4.69) is 374 Å². The molecule has 0 saturated heterocycles. The van der Waals surface area contributed by atoms with Crippen LogP contribution in [0.1, 0.15) is 0 Å². The molecule has 6 nitrogen and oxygen atoms in total. The number of anilines is 6. The Morgan fingerprint density at radius 2 is 0.443 bits per heavy atom. The van der Waals surface area contributed by atoms with Gasteiger partial charge in [0, 0.05) is 99.7 Å². The van der Waals surface area contributed by atoms with Crippen LogP contribution in [0.25, 0.3) is 132 Å². The van der Waals surface area contributed by atoms with Crippen LogP contribution in [-0.2, 0) is 0 Å². The van der Waals surface area contributed by atoms with Crippen molar-refractivity contribution in [3.05, 3.63) is 346 Å². The number of fused-ring (bicyclic) bond motifs is 16. The molecule has 0 saturated carbocycles. The van der Waals surface area contributed by atoms with E-state index in [1.54, 1.807) is 0 Å². The SMILES string of the molecule is c1cc(-c2ccccc2N2c3cc(-n4c5ccccc5c5ccccc54)ccc3B3c4ccc(-n5c6ccccc6c6ccccc65)cc4N(c4ccccc4-c4cccc(-n5c6ccccc6c6ccccc65)c4)c4cccc2c43)cc(-n2c3ccccc3c3ccccc32)c1. The Morgan fingerprint density at radius 3 is 0.763 bits per heavy atom. The third kappa shape index (κ3) is 7.79. The number of aromatic nitrogens is 4. The third-order valence-corrected chi connectivity index (χ3v) is 20.9. The topological polar surface area (TPSA) is 26.2 Å². The third-order valence-electron chi connectivity index (χ3n) is 20.9. The molecule has 97 heavy (non-hydrogen) atoms. The van der Waals surface area contributed by atoms with Crippen LogP contribution in [0.5, 0.6) is 0 Å². The van der Waals surface area contributed by atoms with Gasteiger partial charge in [0.25, 0.3) is 6.71 Å². The molecule has 15 aromatic carbocycles. The summed E-state index contributed by atoms with van der Waals surface area (Å²) in [7, 11) is 0. The highest BCUT2D eigenvalue weighted by Gasteiger charge is 2.44. The fraction of sp³-hybridized carbons (Fsp3) is 0. The summed E-state index contributed by atoms with van der Waals surface area (Å²) in [6, 6.07) is 129. The van der Waals surface area contributed by atoms with Crippen molar-refractivity contribution in [2.24, 2.45) is 0 Å². The summed E-state index contributed by atoms with van der Waals surface area (Å²) in [6.45, 7) is -0.167. The second-order valence-corrected chi connectivity index (χ2v) is 25.9. The van der Waals surface area contributed by atoms with Gasteiger partial charge in [0.05, 0.1) is 55.5 Å². The summed E-state index contributed by atoms with van der Waals surface area (Å²) in [4.78, 5) is 5.20. The molecule has 0 unspecified atom stereocenters. The van der Waals surface area contributed by atoms with Gasteiger partial charge in [-0.15, -0.1) is 0 Å². The zero-order valence-electron chi connectivity index (χ0n) is 52.7. The number of rotatable bonds is 8. The van der Waals surface area contributed by atoms with Crippen molar-refractivity contribution in [3.8, 4) is 45.0 Å². The van der Waals surface area contributed by atoms with E-state index in [0.29, 0.717) is 0 Å². The van der Waals surface area contributed by atoms with Gasteiger partial charge in [-0.3, -0.25) is 0 Å². The van der Waals surface area contributed by atoms with Gasteiger partial charge in [-0.05, 0) is 149 Å². The second kappa shape index (κ2) is 20.8. The van der Waals surface area contributed by atoms with E-state index in [4.69, 9.17) is 0 Å². The van der Waals surface area contributed by atoms with Gasteiger partial charge in [0.15, 0.2) is 0 Å². The number of hydrogen-bond acceptors (Lipinski definition) is 2. The van der Waals surface area contributed by atoms with Crippen molar-refractivity contribution >= 4 is 144 Å². The van der Waals surface area contributed by atoms with Crippen molar-refractivity contribution < 1.29 is 0 Å². The first kappa shape index (κ1) is 53.6. The minimum Gasteiger partial charge on any atom is -0.311 e. The first-order valence-electron chi connectivity index (χ1n) is 33.5. The van der Waals surface area contributed by atoms with Gasteiger partial charge in [0.1, 0.15) is 0 Å². The van der Waals surface area contributed by atoms with E-state index in [1.165, 1.54) is 104 Å². The molecule has 0 N–H and O–H groups in total. The van der Waals surface area contributed by atoms with Gasteiger partial charge < -0.3 is 28.1 Å². The Kier molecular flexibility index (Phi) is 11.5. The quantitative estimate of drug-likeness (QED) is 0.142. The van der Waals surface area contributed by atoms with Crippen molar-refractivity contribution in [2.45, 2.75) is 0 Å². The average Bonchev–Trinajstić information content (AvgIpc) is 1.52. The predicted molar refractivity (Wildman–Crippen MR) is 409 cm³/mol. The lowest BCUT2D eigenvalue weighted by Crippen LogP contribution is -2.61. The molecular formula is C90H57BN6. The monoisotopic (exact) mass is 1230 g/mol. The first-order valence-corrected chi connectivity index (χ1v) is 33.5. The fourth-order valence-electron chi connectivity index (χ4n) is 17.0. The summed E-state index contributed by atoms with van der Waals surface area (Å²) in [5, 5.41) is 9.89. The molecule has 4 aromatic heterocycles. The largest absolute Gasteiger partial charge is 0.311 e. The van der Waals surface area contributed by atoms with E-state index in [-0.39, 0.29) is 6.71 Å².